The summed E-state index contributed by atoms with van der Waals surface area (Å²) in [5, 5.41) is 15.3. The molecule has 2 rings (SSSR count). The highest BCUT2D eigenvalue weighted by atomic mass is 16.4. The van der Waals surface area contributed by atoms with E-state index < -0.39 is 0 Å². The van der Waals surface area contributed by atoms with E-state index in [9.17, 15) is 0 Å². The molecule has 1 aromatic heterocycles. The molecule has 0 spiro atoms. The molecule has 0 saturated carbocycles. The van der Waals surface area contributed by atoms with Crippen LogP contribution in [0.2, 0.25) is 0 Å². The van der Waals surface area contributed by atoms with Crippen molar-refractivity contribution in [3.63, 3.8) is 0 Å². The van der Waals surface area contributed by atoms with E-state index in [0.29, 0.717) is 6.54 Å². The van der Waals surface area contributed by atoms with Gasteiger partial charge in [0, 0.05) is 30.5 Å². The van der Waals surface area contributed by atoms with Gasteiger partial charge in [-0.1, -0.05) is 35.5 Å². The largest absolute Gasteiger partial charge is 0.409 e. The predicted octanol–water partition coefficient (Wildman–Crippen LogP) is 2.03. The summed E-state index contributed by atoms with van der Waals surface area (Å²) in [5.41, 5.74) is 8.52. The summed E-state index contributed by atoms with van der Waals surface area (Å²) in [6.45, 7) is 2.70. The molecule has 2 aromatic rings. The maximum Gasteiger partial charge on any atom is 0.170 e. The van der Waals surface area contributed by atoms with Crippen LogP contribution in [0.15, 0.2) is 53.9 Å². The minimum atomic E-state index is 0.122. The minimum Gasteiger partial charge on any atom is -0.409 e. The van der Waals surface area contributed by atoms with Gasteiger partial charge in [-0.05, 0) is 24.1 Å². The van der Waals surface area contributed by atoms with Gasteiger partial charge in [0.25, 0.3) is 0 Å². The lowest BCUT2D eigenvalue weighted by atomic mass is 10.1. The first kappa shape index (κ1) is 14.0. The average molecular weight is 270 g/mol. The molecule has 1 atom stereocenters. The number of oxime groups is 1. The standard InChI is InChI=1S/C15H18N4O/c1-11(12-6-4-8-17-9-12)18-10-13-5-2-3-7-14(13)15(16)19-20/h2-9,11,18,20H,10H2,1H3,(H2,16,19)/t11-/m0/s1. The van der Waals surface area contributed by atoms with Crippen molar-refractivity contribution >= 4 is 5.84 Å². The third kappa shape index (κ3) is 3.33. The normalized spacial score (nSPS) is 13.2. The summed E-state index contributed by atoms with van der Waals surface area (Å²) in [4.78, 5) is 4.11. The first-order chi connectivity index (χ1) is 9.72. The van der Waals surface area contributed by atoms with E-state index in [0.717, 1.165) is 16.7 Å². The summed E-state index contributed by atoms with van der Waals surface area (Å²) < 4.78 is 0. The van der Waals surface area contributed by atoms with Crippen molar-refractivity contribution in [2.45, 2.75) is 19.5 Å². The Hall–Kier alpha value is -2.40. The highest BCUT2D eigenvalue weighted by Gasteiger charge is 2.09. The number of pyridine rings is 1. The summed E-state index contributed by atoms with van der Waals surface area (Å²) >= 11 is 0. The van der Waals surface area contributed by atoms with Crippen LogP contribution in [0.4, 0.5) is 0 Å². The van der Waals surface area contributed by atoms with Crippen LogP contribution in [0.5, 0.6) is 0 Å². The lowest BCUT2D eigenvalue weighted by Crippen LogP contribution is -2.22. The molecule has 0 radical (unpaired) electrons. The molecule has 0 saturated heterocycles. The Morgan fingerprint density at radius 3 is 2.85 bits per heavy atom. The van der Waals surface area contributed by atoms with Crippen LogP contribution in [-0.2, 0) is 6.54 Å². The molecule has 0 fully saturated rings. The SMILES string of the molecule is C[C@H](NCc1ccccc1/C(N)=N/O)c1cccnc1. The molecular formula is C15H18N4O. The first-order valence-corrected chi connectivity index (χ1v) is 6.41. The summed E-state index contributed by atoms with van der Waals surface area (Å²) in [6.07, 6.45) is 3.59. The fourth-order valence-corrected chi connectivity index (χ4v) is 1.99. The summed E-state index contributed by atoms with van der Waals surface area (Å²) in [7, 11) is 0. The van der Waals surface area contributed by atoms with Gasteiger partial charge in [-0.25, -0.2) is 0 Å². The fraction of sp³-hybridized carbons (Fsp3) is 0.200. The number of nitrogens with zero attached hydrogens (tertiary/aromatic N) is 2. The second-order valence-corrected chi connectivity index (χ2v) is 4.53. The van der Waals surface area contributed by atoms with E-state index in [1.165, 1.54) is 0 Å². The number of hydrogen-bond donors (Lipinski definition) is 3. The molecule has 0 aliphatic rings. The number of nitrogens with one attached hydrogen (secondary N) is 1. The molecule has 0 aliphatic heterocycles. The Labute approximate surface area is 118 Å². The molecule has 5 nitrogen and oxygen atoms in total. The number of nitrogens with two attached hydrogens (primary N) is 1. The van der Waals surface area contributed by atoms with Gasteiger partial charge in [0.15, 0.2) is 5.84 Å². The Morgan fingerprint density at radius 1 is 1.35 bits per heavy atom. The van der Waals surface area contributed by atoms with Gasteiger partial charge in [0.1, 0.15) is 0 Å². The number of amidine groups is 1. The highest BCUT2D eigenvalue weighted by Crippen LogP contribution is 2.13. The van der Waals surface area contributed by atoms with Crippen molar-refractivity contribution in [2.24, 2.45) is 10.9 Å². The Morgan fingerprint density at radius 2 is 2.15 bits per heavy atom. The predicted molar refractivity (Wildman–Crippen MR) is 78.4 cm³/mol. The van der Waals surface area contributed by atoms with E-state index in [1.807, 2.05) is 42.6 Å². The van der Waals surface area contributed by atoms with Crippen molar-refractivity contribution in [1.29, 1.82) is 0 Å². The van der Waals surface area contributed by atoms with Crippen molar-refractivity contribution < 1.29 is 5.21 Å². The van der Waals surface area contributed by atoms with E-state index in [1.54, 1.807) is 6.20 Å². The molecule has 0 amide bonds. The lowest BCUT2D eigenvalue weighted by Gasteiger charge is -2.15. The third-order valence-corrected chi connectivity index (χ3v) is 3.18. The third-order valence-electron chi connectivity index (χ3n) is 3.18. The van der Waals surface area contributed by atoms with Crippen LogP contribution in [0, 0.1) is 0 Å². The molecule has 1 heterocycles. The molecule has 0 aliphatic carbocycles. The minimum absolute atomic E-state index is 0.122. The van der Waals surface area contributed by atoms with Gasteiger partial charge in [-0.3, -0.25) is 4.98 Å². The van der Waals surface area contributed by atoms with Crippen LogP contribution < -0.4 is 11.1 Å². The number of hydrogen-bond acceptors (Lipinski definition) is 4. The van der Waals surface area contributed by atoms with Gasteiger partial charge in [-0.15, -0.1) is 0 Å². The molecule has 5 heteroatoms. The Kier molecular flexibility index (Phi) is 4.68. The van der Waals surface area contributed by atoms with Crippen molar-refractivity contribution in [2.75, 3.05) is 0 Å². The topological polar surface area (TPSA) is 83.5 Å². The van der Waals surface area contributed by atoms with E-state index in [4.69, 9.17) is 10.9 Å². The van der Waals surface area contributed by atoms with E-state index >= 15 is 0 Å². The zero-order chi connectivity index (χ0) is 14.4. The van der Waals surface area contributed by atoms with E-state index in [-0.39, 0.29) is 11.9 Å². The van der Waals surface area contributed by atoms with Gasteiger partial charge >= 0.3 is 0 Å². The van der Waals surface area contributed by atoms with Crippen LogP contribution in [0.25, 0.3) is 0 Å². The highest BCUT2D eigenvalue weighted by molar-refractivity contribution is 5.98. The summed E-state index contributed by atoms with van der Waals surface area (Å²) in [6, 6.07) is 11.7. The second kappa shape index (κ2) is 6.68. The fourth-order valence-electron chi connectivity index (χ4n) is 1.99. The summed E-state index contributed by atoms with van der Waals surface area (Å²) in [5.74, 6) is 0.122. The van der Waals surface area contributed by atoms with Gasteiger partial charge in [0.2, 0.25) is 0 Å². The van der Waals surface area contributed by atoms with Crippen molar-refractivity contribution in [1.82, 2.24) is 10.3 Å². The Balaban J connectivity index is 2.08. The lowest BCUT2D eigenvalue weighted by molar-refractivity contribution is 0.318. The molecule has 1 aromatic carbocycles. The molecular weight excluding hydrogens is 252 g/mol. The van der Waals surface area contributed by atoms with Gasteiger partial charge in [-0.2, -0.15) is 0 Å². The van der Waals surface area contributed by atoms with Gasteiger partial charge in [0.05, 0.1) is 0 Å². The zero-order valence-electron chi connectivity index (χ0n) is 11.3. The molecule has 20 heavy (non-hydrogen) atoms. The quantitative estimate of drug-likeness (QED) is 0.336. The van der Waals surface area contributed by atoms with Crippen molar-refractivity contribution in [3.8, 4) is 0 Å². The number of aromatic nitrogens is 1. The maximum atomic E-state index is 8.80. The van der Waals surface area contributed by atoms with Gasteiger partial charge < -0.3 is 16.3 Å². The monoisotopic (exact) mass is 270 g/mol. The maximum absolute atomic E-state index is 8.80. The number of benzene rings is 1. The van der Waals surface area contributed by atoms with E-state index in [2.05, 4.69) is 22.4 Å². The van der Waals surface area contributed by atoms with Crippen LogP contribution in [0.3, 0.4) is 0 Å². The van der Waals surface area contributed by atoms with Crippen LogP contribution in [-0.4, -0.2) is 16.0 Å². The van der Waals surface area contributed by atoms with Crippen molar-refractivity contribution in [3.05, 3.63) is 65.5 Å². The molecule has 0 bridgehead atoms. The zero-order valence-corrected chi connectivity index (χ0v) is 11.3. The molecule has 4 N–H and O–H groups in total. The second-order valence-electron chi connectivity index (χ2n) is 4.53. The number of rotatable bonds is 5. The Bertz CT molecular complexity index is 583. The molecule has 104 valence electrons. The average Bonchev–Trinajstić information content (AvgIpc) is 2.53. The molecule has 0 unspecified atom stereocenters. The van der Waals surface area contributed by atoms with Crippen LogP contribution in [0.1, 0.15) is 29.7 Å². The smallest absolute Gasteiger partial charge is 0.170 e. The van der Waals surface area contributed by atoms with Crippen LogP contribution >= 0.6 is 0 Å². The first-order valence-electron chi connectivity index (χ1n) is 6.41.